The number of hydrogen-bond donors (Lipinski definition) is 0. The van der Waals surface area contributed by atoms with E-state index in [4.69, 9.17) is 11.6 Å². The first-order chi connectivity index (χ1) is 8.50. The minimum atomic E-state index is -3.49. The average molecular weight is 290 g/mol. The molecule has 7 heteroatoms. The second-order valence-corrected chi connectivity index (χ2v) is 7.01. The van der Waals surface area contributed by atoms with Crippen molar-refractivity contribution < 1.29 is 8.42 Å². The van der Waals surface area contributed by atoms with Gasteiger partial charge in [0.15, 0.2) is 0 Å². The van der Waals surface area contributed by atoms with E-state index in [2.05, 4.69) is 9.97 Å². The molecule has 0 amide bonds. The van der Waals surface area contributed by atoms with E-state index in [-0.39, 0.29) is 10.2 Å². The Morgan fingerprint density at radius 3 is 2.44 bits per heavy atom. The molecule has 0 radical (unpaired) electrons. The first kappa shape index (κ1) is 13.7. The molecule has 0 atom stereocenters. The van der Waals surface area contributed by atoms with E-state index in [1.807, 2.05) is 0 Å². The van der Waals surface area contributed by atoms with Gasteiger partial charge in [0.2, 0.25) is 15.3 Å². The topological polar surface area (TPSA) is 63.2 Å². The van der Waals surface area contributed by atoms with E-state index in [0.717, 1.165) is 12.8 Å². The zero-order chi connectivity index (χ0) is 13.2. The Balaban J connectivity index is 2.11. The largest absolute Gasteiger partial charge is 0.245 e. The Morgan fingerprint density at radius 2 is 1.89 bits per heavy atom. The molecule has 1 fully saturated rings. The predicted octanol–water partition coefficient (Wildman–Crippen LogP) is 1.94. The summed E-state index contributed by atoms with van der Waals surface area (Å²) in [6, 6.07) is 0. The fourth-order valence-corrected chi connectivity index (χ4v) is 3.50. The molecule has 2 rings (SSSR count). The molecule has 1 aliphatic carbocycles. The lowest BCUT2D eigenvalue weighted by molar-refractivity contribution is 0.387. The zero-order valence-corrected chi connectivity index (χ0v) is 11.8. The highest BCUT2D eigenvalue weighted by atomic mass is 35.5. The molecule has 0 bridgehead atoms. The lowest BCUT2D eigenvalue weighted by Gasteiger charge is -2.20. The smallest absolute Gasteiger partial charge is 0.225 e. The number of sulfonamides is 1. The fraction of sp³-hybridized carbons (Fsp3) is 0.636. The Morgan fingerprint density at radius 1 is 1.33 bits per heavy atom. The van der Waals surface area contributed by atoms with Crippen LogP contribution in [0.1, 0.15) is 25.7 Å². The van der Waals surface area contributed by atoms with Crippen LogP contribution in [0.15, 0.2) is 17.3 Å². The van der Waals surface area contributed by atoms with Crippen molar-refractivity contribution >= 4 is 21.6 Å². The summed E-state index contributed by atoms with van der Waals surface area (Å²) < 4.78 is 25.9. The fourth-order valence-electron chi connectivity index (χ4n) is 2.27. The van der Waals surface area contributed by atoms with Crippen molar-refractivity contribution in [3.63, 3.8) is 0 Å². The van der Waals surface area contributed by atoms with Gasteiger partial charge in [-0.1, -0.05) is 12.8 Å². The molecule has 1 aliphatic rings. The molecule has 1 heterocycles. The van der Waals surface area contributed by atoms with Gasteiger partial charge in [0.1, 0.15) is 4.90 Å². The summed E-state index contributed by atoms with van der Waals surface area (Å²) in [5, 5.41) is 0.0485. The van der Waals surface area contributed by atoms with Crippen LogP contribution >= 0.6 is 11.6 Å². The van der Waals surface area contributed by atoms with E-state index in [1.54, 1.807) is 7.05 Å². The maximum absolute atomic E-state index is 12.2. The van der Waals surface area contributed by atoms with E-state index in [9.17, 15) is 8.42 Å². The first-order valence-corrected chi connectivity index (χ1v) is 7.76. The highest BCUT2D eigenvalue weighted by Crippen LogP contribution is 2.26. The predicted molar refractivity (Wildman–Crippen MR) is 68.8 cm³/mol. The van der Waals surface area contributed by atoms with Gasteiger partial charge in [-0.25, -0.2) is 22.7 Å². The Hall–Kier alpha value is -0.720. The molecule has 100 valence electrons. The van der Waals surface area contributed by atoms with Crippen LogP contribution in [-0.2, 0) is 10.0 Å². The summed E-state index contributed by atoms with van der Waals surface area (Å²) >= 11 is 5.55. The van der Waals surface area contributed by atoms with Crippen molar-refractivity contribution in [3.8, 4) is 0 Å². The molecule has 0 saturated heterocycles. The van der Waals surface area contributed by atoms with Gasteiger partial charge in [0.25, 0.3) is 0 Å². The molecule has 1 saturated carbocycles. The van der Waals surface area contributed by atoms with Gasteiger partial charge in [-0.2, -0.15) is 0 Å². The monoisotopic (exact) mass is 289 g/mol. The number of hydrogen-bond acceptors (Lipinski definition) is 4. The lowest BCUT2D eigenvalue weighted by atomic mass is 10.1. The zero-order valence-electron chi connectivity index (χ0n) is 10.2. The molecule has 0 spiro atoms. The number of nitrogens with zero attached hydrogens (tertiary/aromatic N) is 3. The third-order valence-corrected chi connectivity index (χ3v) is 5.27. The highest BCUT2D eigenvalue weighted by Gasteiger charge is 2.25. The van der Waals surface area contributed by atoms with Gasteiger partial charge in [0.05, 0.1) is 12.4 Å². The molecule has 18 heavy (non-hydrogen) atoms. The summed E-state index contributed by atoms with van der Waals surface area (Å²) in [5.41, 5.74) is 0. The molecule has 0 N–H and O–H groups in total. The van der Waals surface area contributed by atoms with Crippen molar-refractivity contribution in [1.82, 2.24) is 14.3 Å². The third-order valence-electron chi connectivity index (χ3n) is 3.29. The van der Waals surface area contributed by atoms with Crippen LogP contribution in [0.25, 0.3) is 0 Å². The molecule has 5 nitrogen and oxygen atoms in total. The summed E-state index contributed by atoms with van der Waals surface area (Å²) in [4.78, 5) is 7.51. The summed E-state index contributed by atoms with van der Waals surface area (Å²) in [6.07, 6.45) is 7.10. The van der Waals surface area contributed by atoms with Crippen LogP contribution in [0.2, 0.25) is 5.28 Å². The molecule has 1 aromatic heterocycles. The van der Waals surface area contributed by atoms with Gasteiger partial charge in [-0.05, 0) is 30.4 Å². The molecule has 0 aliphatic heterocycles. The van der Waals surface area contributed by atoms with Crippen LogP contribution in [0.4, 0.5) is 0 Å². The van der Waals surface area contributed by atoms with Crippen LogP contribution in [-0.4, -0.2) is 36.3 Å². The van der Waals surface area contributed by atoms with Gasteiger partial charge in [0, 0.05) is 13.6 Å². The Labute approximate surface area is 112 Å². The van der Waals surface area contributed by atoms with Gasteiger partial charge in [-0.15, -0.1) is 0 Å². The van der Waals surface area contributed by atoms with Crippen molar-refractivity contribution in [3.05, 3.63) is 17.7 Å². The summed E-state index contributed by atoms with van der Waals surface area (Å²) in [6.45, 7) is 0.560. The Bertz CT molecular complexity index is 498. The van der Waals surface area contributed by atoms with Crippen molar-refractivity contribution in [1.29, 1.82) is 0 Å². The molecule has 0 unspecified atom stereocenters. The van der Waals surface area contributed by atoms with Gasteiger partial charge < -0.3 is 0 Å². The van der Waals surface area contributed by atoms with Crippen LogP contribution in [0.3, 0.4) is 0 Å². The van der Waals surface area contributed by atoms with Crippen molar-refractivity contribution in [2.24, 2.45) is 5.92 Å². The van der Waals surface area contributed by atoms with Crippen molar-refractivity contribution in [2.45, 2.75) is 30.6 Å². The normalized spacial score (nSPS) is 17.5. The maximum Gasteiger partial charge on any atom is 0.245 e. The van der Waals surface area contributed by atoms with Crippen LogP contribution in [0.5, 0.6) is 0 Å². The van der Waals surface area contributed by atoms with Gasteiger partial charge >= 0.3 is 0 Å². The van der Waals surface area contributed by atoms with Gasteiger partial charge in [-0.3, -0.25) is 0 Å². The molecule has 0 aromatic carbocycles. The quantitative estimate of drug-likeness (QED) is 0.795. The number of aromatic nitrogens is 2. The SMILES string of the molecule is CN(CC1CCCC1)S(=O)(=O)c1cnc(Cl)nc1. The minimum absolute atomic E-state index is 0.0485. The maximum atomic E-state index is 12.2. The average Bonchev–Trinajstić information content (AvgIpc) is 2.82. The molecular formula is C11H16ClN3O2S. The number of halogens is 1. The summed E-state index contributed by atoms with van der Waals surface area (Å²) in [5.74, 6) is 0.470. The van der Waals surface area contributed by atoms with Crippen LogP contribution in [0, 0.1) is 5.92 Å². The summed E-state index contributed by atoms with van der Waals surface area (Å²) in [7, 11) is -1.89. The standard InChI is InChI=1S/C11H16ClN3O2S/c1-15(8-9-4-2-3-5-9)18(16,17)10-6-13-11(12)14-7-10/h6-7,9H,2-5,8H2,1H3. The Kier molecular flexibility index (Phi) is 4.19. The van der Waals surface area contributed by atoms with Crippen molar-refractivity contribution in [2.75, 3.05) is 13.6 Å². The van der Waals surface area contributed by atoms with E-state index < -0.39 is 10.0 Å². The highest BCUT2D eigenvalue weighted by molar-refractivity contribution is 7.89. The lowest BCUT2D eigenvalue weighted by Crippen LogP contribution is -2.31. The van der Waals surface area contributed by atoms with E-state index >= 15 is 0 Å². The second-order valence-electron chi connectivity index (χ2n) is 4.62. The molecular weight excluding hydrogens is 274 g/mol. The van der Waals surface area contributed by atoms with E-state index in [1.165, 1.54) is 29.5 Å². The van der Waals surface area contributed by atoms with E-state index in [0.29, 0.717) is 12.5 Å². The first-order valence-electron chi connectivity index (χ1n) is 5.94. The third kappa shape index (κ3) is 2.99. The van der Waals surface area contributed by atoms with Crippen LogP contribution < -0.4 is 0 Å². The second kappa shape index (κ2) is 5.50. The number of rotatable bonds is 4. The molecule has 1 aromatic rings. The minimum Gasteiger partial charge on any atom is -0.225 e.